The minimum absolute atomic E-state index is 0.0322. The van der Waals surface area contributed by atoms with Gasteiger partial charge in [0.2, 0.25) is 5.91 Å². The summed E-state index contributed by atoms with van der Waals surface area (Å²) in [6.45, 7) is 8.34. The Morgan fingerprint density at radius 1 is 1.14 bits per heavy atom. The smallest absolute Gasteiger partial charge is 0.410 e. The monoisotopic (exact) mass is 388 g/mol. The van der Waals surface area contributed by atoms with Crippen molar-refractivity contribution in [1.82, 2.24) is 9.80 Å². The molecule has 0 radical (unpaired) electrons. The molecule has 1 atom stereocenters. The third-order valence-corrected chi connectivity index (χ3v) is 5.59. The van der Waals surface area contributed by atoms with Crippen molar-refractivity contribution in [2.45, 2.75) is 58.6 Å². The lowest BCUT2D eigenvalue weighted by atomic mass is 9.73. The second-order valence-corrected chi connectivity index (χ2v) is 9.10. The van der Waals surface area contributed by atoms with Gasteiger partial charge in [0, 0.05) is 38.0 Å². The van der Waals surface area contributed by atoms with E-state index in [4.69, 9.17) is 9.47 Å². The highest BCUT2D eigenvalue weighted by molar-refractivity contribution is 5.77. The van der Waals surface area contributed by atoms with Gasteiger partial charge in [0.15, 0.2) is 0 Å². The molecule has 0 aliphatic carbocycles. The summed E-state index contributed by atoms with van der Waals surface area (Å²) in [5, 5.41) is 0. The summed E-state index contributed by atoms with van der Waals surface area (Å²) in [5.41, 5.74) is 0.561. The minimum atomic E-state index is -0.495. The number of hydrogen-bond donors (Lipinski definition) is 0. The fraction of sp³-hybridized carbons (Fsp3) is 0.636. The van der Waals surface area contributed by atoms with Gasteiger partial charge in [0.25, 0.3) is 0 Å². The number of ether oxygens (including phenoxy) is 2. The predicted molar refractivity (Wildman–Crippen MR) is 107 cm³/mol. The molecule has 6 heteroatoms. The molecular formula is C22H32N2O4. The molecule has 154 valence electrons. The summed E-state index contributed by atoms with van der Waals surface area (Å²) < 4.78 is 10.8. The number of piperidine rings is 2. The fourth-order valence-corrected chi connectivity index (χ4v) is 4.22. The van der Waals surface area contributed by atoms with Crippen molar-refractivity contribution in [3.8, 4) is 5.75 Å². The van der Waals surface area contributed by atoms with Crippen LogP contribution in [0.2, 0.25) is 0 Å². The average Bonchev–Trinajstić information content (AvgIpc) is 2.64. The molecular weight excluding hydrogens is 356 g/mol. The van der Waals surface area contributed by atoms with E-state index in [-0.39, 0.29) is 17.4 Å². The largest absolute Gasteiger partial charge is 0.497 e. The van der Waals surface area contributed by atoms with Gasteiger partial charge < -0.3 is 19.3 Å². The van der Waals surface area contributed by atoms with Crippen molar-refractivity contribution >= 4 is 12.0 Å². The van der Waals surface area contributed by atoms with Crippen LogP contribution in [0.5, 0.6) is 5.75 Å². The van der Waals surface area contributed by atoms with Crippen molar-refractivity contribution in [3.05, 3.63) is 29.8 Å². The van der Waals surface area contributed by atoms with Crippen LogP contribution in [0.3, 0.4) is 0 Å². The summed E-state index contributed by atoms with van der Waals surface area (Å²) in [4.78, 5) is 28.9. The molecule has 2 saturated heterocycles. The van der Waals surface area contributed by atoms with Crippen LogP contribution in [0.25, 0.3) is 0 Å². The van der Waals surface area contributed by atoms with E-state index in [1.165, 1.54) is 0 Å². The standard InChI is InChI=1S/C22H32N2O4/c1-21(2,3)28-20(26)23-13-5-11-22(15-23)12-10-19(25)24(16-22)14-17-6-8-18(27-4)9-7-17/h6-9H,5,10-16H2,1-4H3. The van der Waals surface area contributed by atoms with Crippen LogP contribution in [-0.2, 0) is 16.1 Å². The topological polar surface area (TPSA) is 59.1 Å². The number of carbonyl (C=O) groups is 2. The highest BCUT2D eigenvalue weighted by Crippen LogP contribution is 2.39. The molecule has 1 aromatic carbocycles. The van der Waals surface area contributed by atoms with E-state index in [2.05, 4.69) is 0 Å². The predicted octanol–water partition coefficient (Wildman–Crippen LogP) is 3.83. The summed E-state index contributed by atoms with van der Waals surface area (Å²) in [5.74, 6) is 1.00. The molecule has 0 bridgehead atoms. The number of likely N-dealkylation sites (tertiary alicyclic amines) is 2. The van der Waals surface area contributed by atoms with E-state index in [0.29, 0.717) is 26.1 Å². The Morgan fingerprint density at radius 3 is 2.50 bits per heavy atom. The number of benzene rings is 1. The first kappa shape index (κ1) is 20.5. The maximum absolute atomic E-state index is 12.5. The zero-order valence-corrected chi connectivity index (χ0v) is 17.5. The Balaban J connectivity index is 1.67. The molecule has 2 aliphatic rings. The highest BCUT2D eigenvalue weighted by atomic mass is 16.6. The van der Waals surface area contributed by atoms with Gasteiger partial charge >= 0.3 is 6.09 Å². The molecule has 0 N–H and O–H groups in total. The van der Waals surface area contributed by atoms with Crippen LogP contribution in [0.4, 0.5) is 4.79 Å². The maximum Gasteiger partial charge on any atom is 0.410 e. The molecule has 2 amide bonds. The van der Waals surface area contributed by atoms with Crippen LogP contribution >= 0.6 is 0 Å². The first-order chi connectivity index (χ1) is 13.2. The molecule has 2 fully saturated rings. The molecule has 0 saturated carbocycles. The van der Waals surface area contributed by atoms with E-state index in [9.17, 15) is 9.59 Å². The van der Waals surface area contributed by atoms with E-state index in [1.807, 2.05) is 54.8 Å². The maximum atomic E-state index is 12.5. The number of nitrogens with zero attached hydrogens (tertiary/aromatic N) is 2. The number of methoxy groups -OCH3 is 1. The van der Waals surface area contributed by atoms with Gasteiger partial charge in [-0.05, 0) is 57.7 Å². The van der Waals surface area contributed by atoms with Crippen LogP contribution < -0.4 is 4.74 Å². The van der Waals surface area contributed by atoms with E-state index < -0.39 is 5.60 Å². The van der Waals surface area contributed by atoms with Crippen LogP contribution in [0, 0.1) is 5.41 Å². The highest BCUT2D eigenvalue weighted by Gasteiger charge is 2.43. The minimum Gasteiger partial charge on any atom is -0.497 e. The van der Waals surface area contributed by atoms with E-state index in [0.717, 1.165) is 37.1 Å². The Morgan fingerprint density at radius 2 is 1.86 bits per heavy atom. The Kier molecular flexibility index (Phi) is 5.87. The first-order valence-electron chi connectivity index (χ1n) is 10.1. The van der Waals surface area contributed by atoms with Gasteiger partial charge in [-0.15, -0.1) is 0 Å². The van der Waals surface area contributed by atoms with Gasteiger partial charge in [-0.25, -0.2) is 4.79 Å². The molecule has 2 aliphatic heterocycles. The molecule has 28 heavy (non-hydrogen) atoms. The SMILES string of the molecule is COc1ccc(CN2CC3(CCCN(C(=O)OC(C)(C)C)C3)CCC2=O)cc1. The zero-order valence-electron chi connectivity index (χ0n) is 17.5. The van der Waals surface area contributed by atoms with Crippen LogP contribution in [0.15, 0.2) is 24.3 Å². The molecule has 3 rings (SSSR count). The third-order valence-electron chi connectivity index (χ3n) is 5.59. The third kappa shape index (κ3) is 4.97. The first-order valence-corrected chi connectivity index (χ1v) is 10.1. The zero-order chi connectivity index (χ0) is 20.4. The quantitative estimate of drug-likeness (QED) is 0.789. The molecule has 6 nitrogen and oxygen atoms in total. The van der Waals surface area contributed by atoms with Gasteiger partial charge in [-0.1, -0.05) is 12.1 Å². The van der Waals surface area contributed by atoms with Gasteiger partial charge in [0.05, 0.1) is 7.11 Å². The Labute approximate surface area is 167 Å². The van der Waals surface area contributed by atoms with Gasteiger partial charge in [-0.3, -0.25) is 4.79 Å². The second-order valence-electron chi connectivity index (χ2n) is 9.10. The van der Waals surface area contributed by atoms with Crippen molar-refractivity contribution in [2.75, 3.05) is 26.7 Å². The van der Waals surface area contributed by atoms with E-state index in [1.54, 1.807) is 7.11 Å². The average molecular weight is 389 g/mol. The van der Waals surface area contributed by atoms with Crippen molar-refractivity contribution in [2.24, 2.45) is 5.41 Å². The molecule has 1 spiro atoms. The summed E-state index contributed by atoms with van der Waals surface area (Å²) in [6, 6.07) is 7.84. The molecule has 1 unspecified atom stereocenters. The van der Waals surface area contributed by atoms with Gasteiger partial charge in [0.1, 0.15) is 11.4 Å². The Bertz CT molecular complexity index is 710. The summed E-state index contributed by atoms with van der Waals surface area (Å²) in [6.07, 6.45) is 3.12. The molecule has 0 aromatic heterocycles. The van der Waals surface area contributed by atoms with Crippen LogP contribution in [0.1, 0.15) is 52.0 Å². The molecule has 2 heterocycles. The lowest BCUT2D eigenvalue weighted by Crippen LogP contribution is -2.55. The lowest BCUT2D eigenvalue weighted by molar-refractivity contribution is -0.140. The number of rotatable bonds is 3. The van der Waals surface area contributed by atoms with Crippen molar-refractivity contribution < 1.29 is 19.1 Å². The summed E-state index contributed by atoms with van der Waals surface area (Å²) >= 11 is 0. The Hall–Kier alpha value is -2.24. The number of carbonyl (C=O) groups excluding carboxylic acids is 2. The second kappa shape index (κ2) is 8.02. The van der Waals surface area contributed by atoms with E-state index >= 15 is 0 Å². The van der Waals surface area contributed by atoms with Crippen molar-refractivity contribution in [1.29, 1.82) is 0 Å². The molecule has 1 aromatic rings. The van der Waals surface area contributed by atoms with Gasteiger partial charge in [-0.2, -0.15) is 0 Å². The lowest BCUT2D eigenvalue weighted by Gasteiger charge is -2.48. The summed E-state index contributed by atoms with van der Waals surface area (Å²) in [7, 11) is 1.65. The van der Waals surface area contributed by atoms with Crippen molar-refractivity contribution in [3.63, 3.8) is 0 Å². The number of hydrogen-bond acceptors (Lipinski definition) is 4. The fourth-order valence-electron chi connectivity index (χ4n) is 4.22. The van der Waals surface area contributed by atoms with Crippen LogP contribution in [-0.4, -0.2) is 54.1 Å². The number of amides is 2. The normalized spacial score (nSPS) is 23.1.